The van der Waals surface area contributed by atoms with Gasteiger partial charge in [0.25, 0.3) is 0 Å². The monoisotopic (exact) mass is 513 g/mol. The second kappa shape index (κ2) is 18.1. The molecule has 2 N–H and O–H groups in total. The molecule has 0 fully saturated rings. The van der Waals surface area contributed by atoms with Crippen molar-refractivity contribution in [1.29, 1.82) is 0 Å². The van der Waals surface area contributed by atoms with Crippen LogP contribution in [0.4, 0.5) is 23.0 Å². The summed E-state index contributed by atoms with van der Waals surface area (Å²) in [5.74, 6) is -0.372. The minimum Gasteiger partial charge on any atom is -0.465 e. The number of nitro groups is 1. The number of nitrogens with one attached hydrogen (secondary N) is 2. The van der Waals surface area contributed by atoms with Gasteiger partial charge in [-0.25, -0.2) is 14.8 Å². The Kier molecular flexibility index (Phi) is 14.7. The van der Waals surface area contributed by atoms with Gasteiger partial charge in [-0.05, 0) is 18.6 Å². The van der Waals surface area contributed by atoms with Crippen molar-refractivity contribution >= 4 is 29.0 Å². The van der Waals surface area contributed by atoms with Crippen molar-refractivity contribution < 1.29 is 14.5 Å². The molecule has 37 heavy (non-hydrogen) atoms. The van der Waals surface area contributed by atoms with Crippen LogP contribution in [0.15, 0.2) is 30.6 Å². The lowest BCUT2D eigenvalue weighted by molar-refractivity contribution is -0.383. The SMILES string of the molecule is CCCCCCCCCCCCCCCCNc1ncnc(Nc2ccccc2C(=O)OC)c1[N+](=O)[O-]. The van der Waals surface area contributed by atoms with E-state index in [-0.39, 0.29) is 22.9 Å². The summed E-state index contributed by atoms with van der Waals surface area (Å²) in [6.07, 6.45) is 19.2. The minimum absolute atomic E-state index is 0.0137. The van der Waals surface area contributed by atoms with Crippen LogP contribution in [-0.2, 0) is 4.74 Å². The van der Waals surface area contributed by atoms with Crippen LogP contribution in [0, 0.1) is 10.1 Å². The van der Waals surface area contributed by atoms with Gasteiger partial charge in [0.05, 0.1) is 23.3 Å². The Labute approximate surface area is 221 Å². The summed E-state index contributed by atoms with van der Waals surface area (Å²) < 4.78 is 4.80. The molecule has 0 aliphatic carbocycles. The zero-order chi connectivity index (χ0) is 26.7. The van der Waals surface area contributed by atoms with Crippen LogP contribution in [0.25, 0.3) is 0 Å². The predicted molar refractivity (Wildman–Crippen MR) is 149 cm³/mol. The Morgan fingerprint density at radius 2 is 1.41 bits per heavy atom. The van der Waals surface area contributed by atoms with E-state index in [0.717, 1.165) is 12.8 Å². The van der Waals surface area contributed by atoms with Crippen molar-refractivity contribution in [3.63, 3.8) is 0 Å². The molecule has 1 aromatic heterocycles. The van der Waals surface area contributed by atoms with Crippen molar-refractivity contribution in [3.8, 4) is 0 Å². The lowest BCUT2D eigenvalue weighted by atomic mass is 10.0. The number of hydrogen-bond acceptors (Lipinski definition) is 8. The lowest BCUT2D eigenvalue weighted by Crippen LogP contribution is -2.11. The van der Waals surface area contributed by atoms with E-state index in [4.69, 9.17) is 4.74 Å². The summed E-state index contributed by atoms with van der Waals surface area (Å²) >= 11 is 0. The number of carbonyl (C=O) groups is 1. The van der Waals surface area contributed by atoms with Crippen LogP contribution >= 0.6 is 0 Å². The van der Waals surface area contributed by atoms with Crippen molar-refractivity contribution in [3.05, 3.63) is 46.3 Å². The fourth-order valence-corrected chi connectivity index (χ4v) is 4.31. The minimum atomic E-state index is -0.545. The van der Waals surface area contributed by atoms with Crippen LogP contribution in [0.1, 0.15) is 107 Å². The number of unbranched alkanes of at least 4 members (excludes halogenated alkanes) is 13. The first-order valence-corrected chi connectivity index (χ1v) is 13.8. The van der Waals surface area contributed by atoms with E-state index in [1.54, 1.807) is 24.3 Å². The molecule has 0 unspecified atom stereocenters. The van der Waals surface area contributed by atoms with Gasteiger partial charge in [-0.15, -0.1) is 0 Å². The summed E-state index contributed by atoms with van der Waals surface area (Å²) in [4.78, 5) is 31.5. The molecule has 204 valence electrons. The number of benzene rings is 1. The van der Waals surface area contributed by atoms with Crippen LogP contribution in [0.2, 0.25) is 0 Å². The van der Waals surface area contributed by atoms with Gasteiger partial charge in [-0.2, -0.15) is 0 Å². The molecule has 1 heterocycles. The predicted octanol–water partition coefficient (Wildman–Crippen LogP) is 7.81. The quantitative estimate of drug-likeness (QED) is 0.0796. The Bertz CT molecular complexity index is 954. The molecule has 0 saturated heterocycles. The van der Waals surface area contributed by atoms with E-state index >= 15 is 0 Å². The van der Waals surface area contributed by atoms with Crippen molar-refractivity contribution in [2.45, 2.75) is 96.8 Å². The molecule has 0 bridgehead atoms. The molecule has 0 aliphatic rings. The largest absolute Gasteiger partial charge is 0.465 e. The Balaban J connectivity index is 1.72. The number of methoxy groups -OCH3 is 1. The Hall–Kier alpha value is -3.23. The van der Waals surface area contributed by atoms with Crippen molar-refractivity contribution in [2.75, 3.05) is 24.3 Å². The van der Waals surface area contributed by atoms with Gasteiger partial charge in [0, 0.05) is 6.54 Å². The number of anilines is 3. The average molecular weight is 514 g/mol. The molecule has 9 heteroatoms. The molecule has 0 aliphatic heterocycles. The van der Waals surface area contributed by atoms with E-state index < -0.39 is 10.9 Å². The third-order valence-corrected chi connectivity index (χ3v) is 6.41. The van der Waals surface area contributed by atoms with Gasteiger partial charge in [0.2, 0.25) is 11.6 Å². The zero-order valence-corrected chi connectivity index (χ0v) is 22.5. The van der Waals surface area contributed by atoms with E-state index in [9.17, 15) is 14.9 Å². The molecule has 0 spiro atoms. The highest BCUT2D eigenvalue weighted by atomic mass is 16.6. The zero-order valence-electron chi connectivity index (χ0n) is 22.5. The summed E-state index contributed by atoms with van der Waals surface area (Å²) in [5.41, 5.74) is 0.372. The smallest absolute Gasteiger partial charge is 0.353 e. The van der Waals surface area contributed by atoms with E-state index in [1.807, 2.05) is 0 Å². The van der Waals surface area contributed by atoms with E-state index in [0.29, 0.717) is 12.2 Å². The van der Waals surface area contributed by atoms with Gasteiger partial charge in [-0.1, -0.05) is 103 Å². The molecular formula is C28H43N5O4. The second-order valence-electron chi connectivity index (χ2n) is 9.36. The van der Waals surface area contributed by atoms with Crippen molar-refractivity contribution in [1.82, 2.24) is 9.97 Å². The maximum absolute atomic E-state index is 12.0. The first-order valence-electron chi connectivity index (χ1n) is 13.8. The summed E-state index contributed by atoms with van der Waals surface area (Å²) in [5, 5.41) is 17.8. The number of nitrogens with zero attached hydrogens (tertiary/aromatic N) is 3. The molecular weight excluding hydrogens is 470 g/mol. The van der Waals surface area contributed by atoms with Gasteiger partial charge in [0.15, 0.2) is 0 Å². The third kappa shape index (κ3) is 11.1. The summed E-state index contributed by atoms with van der Waals surface area (Å²) in [6.45, 7) is 2.85. The molecule has 9 nitrogen and oxygen atoms in total. The highest BCUT2D eigenvalue weighted by molar-refractivity contribution is 5.96. The first kappa shape index (κ1) is 30.0. The summed E-state index contributed by atoms with van der Waals surface area (Å²) in [7, 11) is 1.28. The number of ether oxygens (including phenoxy) is 1. The lowest BCUT2D eigenvalue weighted by Gasteiger charge is -2.12. The molecule has 0 saturated carbocycles. The Morgan fingerprint density at radius 1 is 0.865 bits per heavy atom. The standard InChI is InChI=1S/C28H43N5O4/c1-3-4-5-6-7-8-9-10-11-12-13-14-15-18-21-29-26-25(33(35)36)27(31-22-30-26)32-24-20-17-16-19-23(24)28(34)37-2/h16-17,19-20,22H,3-15,18,21H2,1-2H3,(H2,29,30,31,32). The number of carbonyl (C=O) groups excluding carboxylic acids is 1. The van der Waals surface area contributed by atoms with Gasteiger partial charge in [0.1, 0.15) is 6.33 Å². The number of esters is 1. The number of aromatic nitrogens is 2. The van der Waals surface area contributed by atoms with Crippen LogP contribution < -0.4 is 10.6 Å². The van der Waals surface area contributed by atoms with Gasteiger partial charge in [-0.3, -0.25) is 10.1 Å². The van der Waals surface area contributed by atoms with Crippen LogP contribution in [0.3, 0.4) is 0 Å². The fraction of sp³-hybridized carbons (Fsp3) is 0.607. The van der Waals surface area contributed by atoms with Gasteiger partial charge < -0.3 is 15.4 Å². The molecule has 1 aromatic carbocycles. The highest BCUT2D eigenvalue weighted by Crippen LogP contribution is 2.32. The molecule has 0 radical (unpaired) electrons. The maximum Gasteiger partial charge on any atom is 0.353 e. The first-order chi connectivity index (χ1) is 18.1. The van der Waals surface area contributed by atoms with Crippen LogP contribution in [0.5, 0.6) is 0 Å². The maximum atomic E-state index is 12.0. The third-order valence-electron chi connectivity index (χ3n) is 6.41. The topological polar surface area (TPSA) is 119 Å². The average Bonchev–Trinajstić information content (AvgIpc) is 2.90. The van der Waals surface area contributed by atoms with Crippen LogP contribution in [-0.4, -0.2) is 34.5 Å². The number of hydrogen-bond donors (Lipinski definition) is 2. The fourth-order valence-electron chi connectivity index (χ4n) is 4.31. The highest BCUT2D eigenvalue weighted by Gasteiger charge is 2.24. The van der Waals surface area contributed by atoms with Crippen molar-refractivity contribution in [2.24, 2.45) is 0 Å². The molecule has 2 rings (SSSR count). The van der Waals surface area contributed by atoms with E-state index in [1.165, 1.54) is 90.5 Å². The number of rotatable bonds is 20. The molecule has 2 aromatic rings. The number of para-hydroxylation sites is 1. The summed E-state index contributed by atoms with van der Waals surface area (Å²) in [6, 6.07) is 6.63. The molecule has 0 atom stereocenters. The van der Waals surface area contributed by atoms with Gasteiger partial charge >= 0.3 is 11.7 Å². The Morgan fingerprint density at radius 3 is 1.97 bits per heavy atom. The molecule has 0 amide bonds. The normalized spacial score (nSPS) is 10.8. The van der Waals surface area contributed by atoms with E-state index in [2.05, 4.69) is 27.5 Å². The second-order valence-corrected chi connectivity index (χ2v) is 9.36.